The minimum absolute atomic E-state index is 0.338. The molecule has 0 aliphatic rings. The molecule has 0 aliphatic carbocycles. The van der Waals surface area contributed by atoms with E-state index in [1.165, 1.54) is 12.4 Å². The highest BCUT2D eigenvalue weighted by molar-refractivity contribution is 5.31. The van der Waals surface area contributed by atoms with E-state index in [-0.39, 0.29) is 5.82 Å². The molecule has 96 valence electrons. The molecule has 0 radical (unpaired) electrons. The van der Waals surface area contributed by atoms with Crippen LogP contribution >= 0.6 is 0 Å². The molecule has 0 saturated heterocycles. The zero-order valence-corrected chi connectivity index (χ0v) is 10.7. The second kappa shape index (κ2) is 4.49. The molecule has 1 N–H and O–H groups in total. The van der Waals surface area contributed by atoms with Gasteiger partial charge < -0.3 is 5.11 Å². The van der Waals surface area contributed by atoms with Crippen molar-refractivity contribution in [1.82, 2.24) is 14.8 Å². The van der Waals surface area contributed by atoms with Crippen molar-refractivity contribution in [3.63, 3.8) is 0 Å². The summed E-state index contributed by atoms with van der Waals surface area (Å²) < 4.78 is 15.2. The van der Waals surface area contributed by atoms with Crippen LogP contribution in [0.5, 0.6) is 0 Å². The molecular weight excluding hydrogens is 233 g/mol. The van der Waals surface area contributed by atoms with Crippen LogP contribution in [0, 0.1) is 12.7 Å². The van der Waals surface area contributed by atoms with Crippen molar-refractivity contribution in [2.45, 2.75) is 32.9 Å². The SMILES string of the molecule is CCn1ncnc1C(C)(O)c1ccc(C)c(F)c1. The van der Waals surface area contributed by atoms with Crippen molar-refractivity contribution in [3.05, 3.63) is 47.3 Å². The van der Waals surface area contributed by atoms with Gasteiger partial charge in [-0.2, -0.15) is 5.10 Å². The van der Waals surface area contributed by atoms with Gasteiger partial charge in [0.05, 0.1) is 0 Å². The first kappa shape index (κ1) is 12.7. The highest BCUT2D eigenvalue weighted by Crippen LogP contribution is 2.28. The van der Waals surface area contributed by atoms with Gasteiger partial charge in [0.25, 0.3) is 0 Å². The summed E-state index contributed by atoms with van der Waals surface area (Å²) >= 11 is 0. The maximum atomic E-state index is 13.6. The third-order valence-electron chi connectivity index (χ3n) is 3.08. The van der Waals surface area contributed by atoms with Gasteiger partial charge in [0.1, 0.15) is 17.7 Å². The lowest BCUT2D eigenvalue weighted by Crippen LogP contribution is -2.28. The van der Waals surface area contributed by atoms with Gasteiger partial charge in [-0.05, 0) is 38.0 Å². The number of nitrogens with zero attached hydrogens (tertiary/aromatic N) is 3. The van der Waals surface area contributed by atoms with Crippen LogP contribution in [0.15, 0.2) is 24.5 Å². The van der Waals surface area contributed by atoms with E-state index in [9.17, 15) is 9.50 Å². The van der Waals surface area contributed by atoms with Gasteiger partial charge in [-0.15, -0.1) is 0 Å². The maximum Gasteiger partial charge on any atom is 0.163 e. The quantitative estimate of drug-likeness (QED) is 0.905. The Morgan fingerprint density at radius 1 is 1.44 bits per heavy atom. The zero-order valence-electron chi connectivity index (χ0n) is 10.7. The molecule has 1 aromatic heterocycles. The molecule has 0 amide bonds. The molecule has 18 heavy (non-hydrogen) atoms. The van der Waals surface area contributed by atoms with Crippen LogP contribution in [-0.2, 0) is 12.1 Å². The van der Waals surface area contributed by atoms with Gasteiger partial charge in [0, 0.05) is 6.54 Å². The molecule has 0 aliphatic heterocycles. The smallest absolute Gasteiger partial charge is 0.163 e. The Bertz CT molecular complexity index is 563. The topological polar surface area (TPSA) is 50.9 Å². The molecule has 1 aromatic carbocycles. The number of aliphatic hydroxyl groups is 1. The average Bonchev–Trinajstić information content (AvgIpc) is 2.81. The van der Waals surface area contributed by atoms with Crippen LogP contribution < -0.4 is 0 Å². The number of hydrogen-bond acceptors (Lipinski definition) is 3. The van der Waals surface area contributed by atoms with Gasteiger partial charge in [-0.1, -0.05) is 12.1 Å². The molecule has 0 saturated carbocycles. The van der Waals surface area contributed by atoms with E-state index in [2.05, 4.69) is 10.1 Å². The normalized spacial score (nSPS) is 14.5. The fourth-order valence-corrected chi connectivity index (χ4v) is 1.90. The summed E-state index contributed by atoms with van der Waals surface area (Å²) in [5, 5.41) is 14.6. The van der Waals surface area contributed by atoms with Crippen molar-refractivity contribution in [2.24, 2.45) is 0 Å². The minimum Gasteiger partial charge on any atom is -0.377 e. The van der Waals surface area contributed by atoms with E-state index in [4.69, 9.17) is 0 Å². The third-order valence-corrected chi connectivity index (χ3v) is 3.08. The molecular formula is C13H16FN3O. The van der Waals surface area contributed by atoms with E-state index < -0.39 is 5.60 Å². The fourth-order valence-electron chi connectivity index (χ4n) is 1.90. The average molecular weight is 249 g/mol. The molecule has 2 aromatic rings. The molecule has 0 spiro atoms. The Balaban J connectivity index is 2.50. The van der Waals surface area contributed by atoms with Gasteiger partial charge in [-0.25, -0.2) is 14.1 Å². The van der Waals surface area contributed by atoms with Crippen LogP contribution in [0.1, 0.15) is 30.8 Å². The Kier molecular flexibility index (Phi) is 3.17. The lowest BCUT2D eigenvalue weighted by atomic mass is 9.94. The number of aryl methyl sites for hydroxylation is 2. The minimum atomic E-state index is -1.36. The number of halogens is 1. The second-order valence-electron chi connectivity index (χ2n) is 4.44. The Morgan fingerprint density at radius 3 is 2.78 bits per heavy atom. The van der Waals surface area contributed by atoms with Crippen LogP contribution in [0.3, 0.4) is 0 Å². The Morgan fingerprint density at radius 2 is 2.17 bits per heavy atom. The van der Waals surface area contributed by atoms with Crippen molar-refractivity contribution >= 4 is 0 Å². The van der Waals surface area contributed by atoms with Crippen LogP contribution in [0.4, 0.5) is 4.39 Å². The summed E-state index contributed by atoms with van der Waals surface area (Å²) in [6.45, 7) is 5.78. The largest absolute Gasteiger partial charge is 0.377 e. The molecule has 5 heteroatoms. The van der Waals surface area contributed by atoms with Crippen molar-refractivity contribution < 1.29 is 9.50 Å². The molecule has 1 heterocycles. The van der Waals surface area contributed by atoms with Crippen LogP contribution in [0.25, 0.3) is 0 Å². The van der Waals surface area contributed by atoms with Gasteiger partial charge in [0.2, 0.25) is 0 Å². The monoisotopic (exact) mass is 249 g/mol. The molecule has 1 unspecified atom stereocenters. The molecule has 2 rings (SSSR count). The first-order valence-electron chi connectivity index (χ1n) is 5.84. The van der Waals surface area contributed by atoms with E-state index in [1.54, 1.807) is 30.7 Å². The van der Waals surface area contributed by atoms with E-state index >= 15 is 0 Å². The summed E-state index contributed by atoms with van der Waals surface area (Å²) in [6.07, 6.45) is 1.39. The summed E-state index contributed by atoms with van der Waals surface area (Å²) in [7, 11) is 0. The highest BCUT2D eigenvalue weighted by Gasteiger charge is 2.31. The molecule has 0 bridgehead atoms. The molecule has 4 nitrogen and oxygen atoms in total. The van der Waals surface area contributed by atoms with Crippen LogP contribution in [0.2, 0.25) is 0 Å². The van der Waals surface area contributed by atoms with Crippen molar-refractivity contribution in [2.75, 3.05) is 0 Å². The lowest BCUT2D eigenvalue weighted by molar-refractivity contribution is 0.0864. The Hall–Kier alpha value is -1.75. The summed E-state index contributed by atoms with van der Waals surface area (Å²) in [5.74, 6) is 0.0728. The number of rotatable bonds is 3. The fraction of sp³-hybridized carbons (Fsp3) is 0.385. The first-order chi connectivity index (χ1) is 8.46. The van der Waals surface area contributed by atoms with Gasteiger partial charge in [-0.3, -0.25) is 0 Å². The number of benzene rings is 1. The maximum absolute atomic E-state index is 13.6. The summed E-state index contributed by atoms with van der Waals surface area (Å²) in [5.41, 5.74) is -0.346. The number of aromatic nitrogens is 3. The summed E-state index contributed by atoms with van der Waals surface area (Å²) in [4.78, 5) is 4.07. The van der Waals surface area contributed by atoms with Crippen LogP contribution in [-0.4, -0.2) is 19.9 Å². The predicted molar refractivity (Wildman–Crippen MR) is 65.5 cm³/mol. The first-order valence-corrected chi connectivity index (χ1v) is 5.84. The van der Waals surface area contributed by atoms with E-state index in [1.807, 2.05) is 6.92 Å². The van der Waals surface area contributed by atoms with E-state index in [0.29, 0.717) is 23.5 Å². The van der Waals surface area contributed by atoms with Gasteiger partial charge in [0.15, 0.2) is 5.82 Å². The molecule has 0 fully saturated rings. The van der Waals surface area contributed by atoms with Crippen molar-refractivity contribution in [3.8, 4) is 0 Å². The predicted octanol–water partition coefficient (Wildman–Crippen LogP) is 2.00. The van der Waals surface area contributed by atoms with Gasteiger partial charge >= 0.3 is 0 Å². The zero-order chi connectivity index (χ0) is 13.3. The molecule has 1 atom stereocenters. The van der Waals surface area contributed by atoms with Crippen molar-refractivity contribution in [1.29, 1.82) is 0 Å². The Labute approximate surface area is 105 Å². The third kappa shape index (κ3) is 2.01. The lowest BCUT2D eigenvalue weighted by Gasteiger charge is -2.23. The highest BCUT2D eigenvalue weighted by atomic mass is 19.1. The summed E-state index contributed by atoms with van der Waals surface area (Å²) in [6, 6.07) is 4.68. The standard InChI is InChI=1S/C13H16FN3O/c1-4-17-12(15-8-16-17)13(3,18)10-6-5-9(2)11(14)7-10/h5-8,18H,4H2,1-3H3. The number of hydrogen-bond donors (Lipinski definition) is 1. The van der Waals surface area contributed by atoms with E-state index in [0.717, 1.165) is 0 Å². The second-order valence-corrected chi connectivity index (χ2v) is 4.44.